The Morgan fingerprint density at radius 1 is 1.62 bits per heavy atom. The van der Waals surface area contributed by atoms with Crippen LogP contribution in [0.1, 0.15) is 19.8 Å². The van der Waals surface area contributed by atoms with Crippen molar-refractivity contribution in [3.8, 4) is 0 Å². The molecule has 1 unspecified atom stereocenters. The molecule has 0 saturated carbocycles. The van der Waals surface area contributed by atoms with E-state index in [1.807, 2.05) is 6.92 Å². The zero-order valence-electron chi connectivity index (χ0n) is 5.13. The number of hydrogen-bond donors (Lipinski definition) is 1. The minimum absolute atomic E-state index is 0.112. The van der Waals surface area contributed by atoms with E-state index in [4.69, 9.17) is 9.84 Å². The molecule has 0 spiro atoms. The fourth-order valence-corrected chi connectivity index (χ4v) is 0.974. The molecule has 1 saturated heterocycles. The summed E-state index contributed by atoms with van der Waals surface area (Å²) in [6.07, 6.45) is 1.77. The molecule has 0 aromatic rings. The third-order valence-corrected chi connectivity index (χ3v) is 1.46. The predicted octanol–water partition coefficient (Wildman–Crippen LogP) is 0.546. The highest BCUT2D eigenvalue weighted by Crippen LogP contribution is 2.11. The first-order chi connectivity index (χ1) is 3.79. The van der Waals surface area contributed by atoms with Crippen LogP contribution in [0.3, 0.4) is 0 Å². The van der Waals surface area contributed by atoms with Crippen LogP contribution in [-0.4, -0.2) is 23.9 Å². The molecule has 1 heterocycles. The average Bonchev–Trinajstić information content (AvgIpc) is 1.64. The summed E-state index contributed by atoms with van der Waals surface area (Å²) in [5, 5.41) is 9.00. The van der Waals surface area contributed by atoms with Crippen molar-refractivity contribution < 1.29 is 9.84 Å². The fourth-order valence-electron chi connectivity index (χ4n) is 0.974. The van der Waals surface area contributed by atoms with Gasteiger partial charge in [0.25, 0.3) is 0 Å². The van der Waals surface area contributed by atoms with E-state index in [9.17, 15) is 0 Å². The summed E-state index contributed by atoms with van der Waals surface area (Å²) in [4.78, 5) is 0. The van der Waals surface area contributed by atoms with Gasteiger partial charge in [0.2, 0.25) is 0 Å². The molecule has 0 bridgehead atoms. The minimum atomic E-state index is -0.112. The molecule has 48 valence electrons. The smallest absolute Gasteiger partial charge is 0.0586 e. The molecule has 1 aliphatic rings. The molecule has 2 nitrogen and oxygen atoms in total. The first kappa shape index (κ1) is 6.05. The lowest BCUT2D eigenvalue weighted by Crippen LogP contribution is -2.26. The van der Waals surface area contributed by atoms with Gasteiger partial charge in [-0.3, -0.25) is 0 Å². The lowest BCUT2D eigenvalue weighted by molar-refractivity contribution is -0.0340. The first-order valence-electron chi connectivity index (χ1n) is 3.08. The van der Waals surface area contributed by atoms with Gasteiger partial charge in [0.1, 0.15) is 0 Å². The maximum Gasteiger partial charge on any atom is 0.0586 e. The molecule has 0 aromatic carbocycles. The van der Waals surface area contributed by atoms with Crippen LogP contribution in [-0.2, 0) is 4.74 Å². The Morgan fingerprint density at radius 2 is 2.38 bits per heavy atom. The van der Waals surface area contributed by atoms with Crippen molar-refractivity contribution in [2.24, 2.45) is 0 Å². The molecule has 2 atom stereocenters. The van der Waals surface area contributed by atoms with Crippen LogP contribution in [0.5, 0.6) is 0 Å². The van der Waals surface area contributed by atoms with Crippen molar-refractivity contribution >= 4 is 0 Å². The van der Waals surface area contributed by atoms with E-state index in [1.165, 1.54) is 0 Å². The largest absolute Gasteiger partial charge is 0.393 e. The van der Waals surface area contributed by atoms with Gasteiger partial charge in [0, 0.05) is 6.61 Å². The summed E-state index contributed by atoms with van der Waals surface area (Å²) in [5.41, 5.74) is 0. The van der Waals surface area contributed by atoms with Gasteiger partial charge in [-0.1, -0.05) is 0 Å². The monoisotopic (exact) mass is 116 g/mol. The predicted molar refractivity (Wildman–Crippen MR) is 30.7 cm³/mol. The Kier molecular flexibility index (Phi) is 1.86. The maximum absolute atomic E-state index is 9.00. The average molecular weight is 116 g/mol. The SMILES string of the molecule is CC1C[C@@H](O)CCO1. The molecule has 1 N–H and O–H groups in total. The van der Waals surface area contributed by atoms with Gasteiger partial charge < -0.3 is 9.84 Å². The molecule has 2 heteroatoms. The summed E-state index contributed by atoms with van der Waals surface area (Å²) in [6, 6.07) is 0. The molecule has 1 rings (SSSR count). The van der Waals surface area contributed by atoms with Crippen molar-refractivity contribution in [2.75, 3.05) is 6.61 Å². The van der Waals surface area contributed by atoms with Crippen molar-refractivity contribution in [1.82, 2.24) is 0 Å². The van der Waals surface area contributed by atoms with Gasteiger partial charge in [-0.25, -0.2) is 0 Å². The molecule has 0 aliphatic carbocycles. The number of aliphatic hydroxyl groups excluding tert-OH is 1. The summed E-state index contributed by atoms with van der Waals surface area (Å²) >= 11 is 0. The molecular formula is C6H12O2. The zero-order valence-corrected chi connectivity index (χ0v) is 5.13. The summed E-state index contributed by atoms with van der Waals surface area (Å²) in [7, 11) is 0. The van der Waals surface area contributed by atoms with Crippen molar-refractivity contribution in [3.63, 3.8) is 0 Å². The van der Waals surface area contributed by atoms with Crippen molar-refractivity contribution in [3.05, 3.63) is 0 Å². The maximum atomic E-state index is 9.00. The summed E-state index contributed by atoms with van der Waals surface area (Å²) in [5.74, 6) is 0. The number of aliphatic hydroxyl groups is 1. The standard InChI is InChI=1S/C6H12O2/c1-5-4-6(7)2-3-8-5/h5-7H,2-4H2,1H3/t5?,6-/m0/s1. The van der Waals surface area contributed by atoms with Crippen LogP contribution in [0.4, 0.5) is 0 Å². The van der Waals surface area contributed by atoms with Gasteiger partial charge in [0.05, 0.1) is 12.2 Å². The molecule has 0 aromatic heterocycles. The highest BCUT2D eigenvalue weighted by molar-refractivity contribution is 4.65. The Balaban J connectivity index is 2.23. The zero-order chi connectivity index (χ0) is 5.98. The van der Waals surface area contributed by atoms with Gasteiger partial charge >= 0.3 is 0 Å². The van der Waals surface area contributed by atoms with E-state index in [1.54, 1.807) is 0 Å². The van der Waals surface area contributed by atoms with Crippen LogP contribution in [0.2, 0.25) is 0 Å². The third-order valence-electron chi connectivity index (χ3n) is 1.46. The van der Waals surface area contributed by atoms with Crippen LogP contribution < -0.4 is 0 Å². The lowest BCUT2D eigenvalue weighted by atomic mass is 10.1. The normalized spacial score (nSPS) is 39.8. The molecular weight excluding hydrogens is 104 g/mol. The highest BCUT2D eigenvalue weighted by atomic mass is 16.5. The van der Waals surface area contributed by atoms with E-state index in [-0.39, 0.29) is 12.2 Å². The highest BCUT2D eigenvalue weighted by Gasteiger charge is 2.15. The molecule has 1 aliphatic heterocycles. The van der Waals surface area contributed by atoms with Crippen LogP contribution in [0.25, 0.3) is 0 Å². The Morgan fingerprint density at radius 3 is 2.75 bits per heavy atom. The van der Waals surface area contributed by atoms with E-state index in [0.29, 0.717) is 0 Å². The van der Waals surface area contributed by atoms with Crippen molar-refractivity contribution in [2.45, 2.75) is 32.0 Å². The number of ether oxygens (including phenoxy) is 1. The van der Waals surface area contributed by atoms with Gasteiger partial charge in [-0.05, 0) is 19.8 Å². The van der Waals surface area contributed by atoms with E-state index >= 15 is 0 Å². The summed E-state index contributed by atoms with van der Waals surface area (Å²) < 4.78 is 5.19. The Hall–Kier alpha value is -0.0800. The second kappa shape index (κ2) is 2.46. The number of hydrogen-bond acceptors (Lipinski definition) is 2. The van der Waals surface area contributed by atoms with Crippen molar-refractivity contribution in [1.29, 1.82) is 0 Å². The topological polar surface area (TPSA) is 29.5 Å². The quantitative estimate of drug-likeness (QED) is 0.500. The lowest BCUT2D eigenvalue weighted by Gasteiger charge is -2.22. The Bertz CT molecular complexity index is 64.9. The van der Waals surface area contributed by atoms with Crippen LogP contribution in [0, 0.1) is 0 Å². The second-order valence-corrected chi connectivity index (χ2v) is 2.36. The third kappa shape index (κ3) is 1.46. The Labute approximate surface area is 49.5 Å². The molecule has 1 fully saturated rings. The van der Waals surface area contributed by atoms with Gasteiger partial charge in [-0.2, -0.15) is 0 Å². The minimum Gasteiger partial charge on any atom is -0.393 e. The molecule has 0 amide bonds. The molecule has 8 heavy (non-hydrogen) atoms. The van der Waals surface area contributed by atoms with E-state index in [2.05, 4.69) is 0 Å². The van der Waals surface area contributed by atoms with Gasteiger partial charge in [0.15, 0.2) is 0 Å². The summed E-state index contributed by atoms with van der Waals surface area (Å²) in [6.45, 7) is 2.71. The fraction of sp³-hybridized carbons (Fsp3) is 1.00. The van der Waals surface area contributed by atoms with Gasteiger partial charge in [-0.15, -0.1) is 0 Å². The molecule has 0 radical (unpaired) electrons. The number of rotatable bonds is 0. The van der Waals surface area contributed by atoms with Crippen LogP contribution >= 0.6 is 0 Å². The van der Waals surface area contributed by atoms with E-state index in [0.717, 1.165) is 19.4 Å². The first-order valence-corrected chi connectivity index (χ1v) is 3.08. The van der Waals surface area contributed by atoms with E-state index < -0.39 is 0 Å². The van der Waals surface area contributed by atoms with Crippen LogP contribution in [0.15, 0.2) is 0 Å². The second-order valence-electron chi connectivity index (χ2n) is 2.36.